The minimum absolute atomic E-state index is 0.0412. The quantitative estimate of drug-likeness (QED) is 0.782. The SMILES string of the molecule is CCCN(C(=O)NCCC(=O)O)C1C2CCOC2C1(C)C. The molecule has 3 unspecified atom stereocenters. The van der Waals surface area contributed by atoms with E-state index in [0.29, 0.717) is 12.5 Å². The van der Waals surface area contributed by atoms with E-state index < -0.39 is 5.97 Å². The Bertz CT molecular complexity index is 410. The smallest absolute Gasteiger partial charge is 0.317 e. The number of nitrogens with one attached hydrogen (secondary N) is 1. The number of ether oxygens (including phenoxy) is 1. The summed E-state index contributed by atoms with van der Waals surface area (Å²) in [6.07, 6.45) is 2.08. The van der Waals surface area contributed by atoms with Gasteiger partial charge >= 0.3 is 12.0 Å². The lowest BCUT2D eigenvalue weighted by atomic mass is 9.56. The Morgan fingerprint density at radius 3 is 2.76 bits per heavy atom. The van der Waals surface area contributed by atoms with Crippen LogP contribution in [0.1, 0.15) is 40.0 Å². The molecule has 2 rings (SSSR count). The molecule has 2 amide bonds. The minimum Gasteiger partial charge on any atom is -0.481 e. The van der Waals surface area contributed by atoms with Crippen molar-refractivity contribution in [3.05, 3.63) is 0 Å². The first-order valence-electron chi connectivity index (χ1n) is 7.77. The van der Waals surface area contributed by atoms with Gasteiger partial charge in [-0.15, -0.1) is 0 Å². The van der Waals surface area contributed by atoms with E-state index in [0.717, 1.165) is 19.4 Å². The summed E-state index contributed by atoms with van der Waals surface area (Å²) in [5.74, 6) is -0.484. The first kappa shape index (κ1) is 16.1. The van der Waals surface area contributed by atoms with Crippen molar-refractivity contribution in [3.63, 3.8) is 0 Å². The number of carboxylic acids is 1. The Balaban J connectivity index is 2.01. The minimum atomic E-state index is -0.898. The lowest BCUT2D eigenvalue weighted by molar-refractivity contribution is -0.143. The van der Waals surface area contributed by atoms with E-state index in [1.54, 1.807) is 0 Å². The van der Waals surface area contributed by atoms with E-state index >= 15 is 0 Å². The molecule has 21 heavy (non-hydrogen) atoms. The number of nitrogens with zero attached hydrogens (tertiary/aromatic N) is 1. The Labute approximate surface area is 125 Å². The molecule has 1 saturated heterocycles. The lowest BCUT2D eigenvalue weighted by Crippen LogP contribution is -2.68. The van der Waals surface area contributed by atoms with Crippen LogP contribution >= 0.6 is 0 Å². The molecular formula is C15H26N2O4. The Morgan fingerprint density at radius 1 is 1.43 bits per heavy atom. The van der Waals surface area contributed by atoms with Crippen molar-refractivity contribution < 1.29 is 19.4 Å². The number of hydrogen-bond acceptors (Lipinski definition) is 3. The number of amides is 2. The standard InChI is InChI=1S/C15H26N2O4/c1-4-8-17(14(20)16-7-5-11(18)19)12-10-6-9-21-13(10)15(12,2)3/h10,12-13H,4-9H2,1-3H3,(H,16,20)(H,18,19). The van der Waals surface area contributed by atoms with Crippen molar-refractivity contribution in [1.29, 1.82) is 0 Å². The molecule has 120 valence electrons. The van der Waals surface area contributed by atoms with Gasteiger partial charge in [-0.3, -0.25) is 4.79 Å². The highest BCUT2D eigenvalue weighted by Gasteiger charge is 2.61. The van der Waals surface area contributed by atoms with Crippen molar-refractivity contribution in [3.8, 4) is 0 Å². The average Bonchev–Trinajstić information content (AvgIpc) is 2.84. The molecule has 0 radical (unpaired) electrons. The Kier molecular flexibility index (Phi) is 4.76. The maximum absolute atomic E-state index is 12.4. The number of carboxylic acid groups (broad SMARTS) is 1. The average molecular weight is 298 g/mol. The highest BCUT2D eigenvalue weighted by Crippen LogP contribution is 2.54. The molecule has 6 heteroatoms. The summed E-state index contributed by atoms with van der Waals surface area (Å²) in [6, 6.07) is 0.0244. The molecule has 1 saturated carbocycles. The number of aliphatic carboxylic acids is 1. The van der Waals surface area contributed by atoms with E-state index in [1.165, 1.54) is 0 Å². The Morgan fingerprint density at radius 2 is 2.14 bits per heavy atom. The van der Waals surface area contributed by atoms with Gasteiger partial charge in [0.25, 0.3) is 0 Å². The zero-order valence-electron chi connectivity index (χ0n) is 13.1. The summed E-state index contributed by atoms with van der Waals surface area (Å²) in [4.78, 5) is 24.8. The summed E-state index contributed by atoms with van der Waals surface area (Å²) in [6.45, 7) is 7.98. The van der Waals surface area contributed by atoms with Crippen LogP contribution in [-0.4, -0.2) is 53.8 Å². The van der Waals surface area contributed by atoms with Gasteiger partial charge in [0.05, 0.1) is 12.5 Å². The summed E-state index contributed by atoms with van der Waals surface area (Å²) >= 11 is 0. The summed E-state index contributed by atoms with van der Waals surface area (Å²) < 4.78 is 5.78. The Hall–Kier alpha value is -1.30. The molecule has 1 heterocycles. The van der Waals surface area contributed by atoms with Crippen molar-refractivity contribution in [2.45, 2.75) is 52.2 Å². The van der Waals surface area contributed by atoms with E-state index in [-0.39, 0.29) is 36.6 Å². The number of carbonyl (C=O) groups excluding carboxylic acids is 1. The van der Waals surface area contributed by atoms with Gasteiger partial charge in [0.15, 0.2) is 0 Å². The number of rotatable bonds is 6. The van der Waals surface area contributed by atoms with E-state index in [1.807, 2.05) is 11.8 Å². The lowest BCUT2D eigenvalue weighted by Gasteiger charge is -2.58. The van der Waals surface area contributed by atoms with Crippen LogP contribution in [0.25, 0.3) is 0 Å². The first-order valence-corrected chi connectivity index (χ1v) is 7.77. The fourth-order valence-corrected chi connectivity index (χ4v) is 3.92. The summed E-state index contributed by atoms with van der Waals surface area (Å²) in [5.41, 5.74) is -0.0412. The van der Waals surface area contributed by atoms with E-state index in [2.05, 4.69) is 19.2 Å². The predicted molar refractivity (Wildman–Crippen MR) is 78.1 cm³/mol. The van der Waals surface area contributed by atoms with Crippen molar-refractivity contribution >= 4 is 12.0 Å². The predicted octanol–water partition coefficient (Wildman–Crippen LogP) is 1.70. The third kappa shape index (κ3) is 3.00. The maximum Gasteiger partial charge on any atom is 0.317 e. The molecule has 1 aliphatic carbocycles. The van der Waals surface area contributed by atoms with Gasteiger partial charge in [-0.2, -0.15) is 0 Å². The maximum atomic E-state index is 12.4. The molecule has 2 fully saturated rings. The van der Waals surface area contributed by atoms with Gasteiger partial charge in [0, 0.05) is 37.1 Å². The number of hydrogen-bond donors (Lipinski definition) is 2. The zero-order valence-corrected chi connectivity index (χ0v) is 13.1. The summed E-state index contributed by atoms with van der Waals surface area (Å²) in [5, 5.41) is 11.4. The second kappa shape index (κ2) is 6.22. The second-order valence-corrected chi connectivity index (χ2v) is 6.58. The van der Waals surface area contributed by atoms with E-state index in [9.17, 15) is 9.59 Å². The molecular weight excluding hydrogens is 272 g/mol. The zero-order chi connectivity index (χ0) is 15.6. The molecule has 2 N–H and O–H groups in total. The highest BCUT2D eigenvalue weighted by atomic mass is 16.5. The number of carbonyl (C=O) groups is 2. The van der Waals surface area contributed by atoms with Crippen molar-refractivity contribution in [2.75, 3.05) is 19.7 Å². The van der Waals surface area contributed by atoms with Gasteiger partial charge in [0.2, 0.25) is 0 Å². The van der Waals surface area contributed by atoms with Gasteiger partial charge < -0.3 is 20.1 Å². The molecule has 2 aliphatic rings. The topological polar surface area (TPSA) is 78.9 Å². The first-order chi connectivity index (χ1) is 9.89. The van der Waals surface area contributed by atoms with Gasteiger partial charge in [0.1, 0.15) is 0 Å². The largest absolute Gasteiger partial charge is 0.481 e. The van der Waals surface area contributed by atoms with Crippen LogP contribution < -0.4 is 5.32 Å². The van der Waals surface area contributed by atoms with Crippen LogP contribution in [-0.2, 0) is 9.53 Å². The molecule has 1 aliphatic heterocycles. The number of urea groups is 1. The highest BCUT2D eigenvalue weighted by molar-refractivity contribution is 5.76. The molecule has 0 aromatic heterocycles. The molecule has 0 aromatic rings. The third-order valence-corrected chi connectivity index (χ3v) is 4.71. The molecule has 0 spiro atoms. The van der Waals surface area contributed by atoms with Gasteiger partial charge in [-0.25, -0.2) is 4.79 Å². The van der Waals surface area contributed by atoms with Crippen LogP contribution in [0, 0.1) is 11.3 Å². The number of fused-ring (bicyclic) bond motifs is 1. The molecule has 0 aromatic carbocycles. The summed E-state index contributed by atoms with van der Waals surface area (Å²) in [7, 11) is 0. The third-order valence-electron chi connectivity index (χ3n) is 4.71. The molecule has 3 atom stereocenters. The fourth-order valence-electron chi connectivity index (χ4n) is 3.92. The van der Waals surface area contributed by atoms with Crippen LogP contribution in [0.4, 0.5) is 4.79 Å². The van der Waals surface area contributed by atoms with Gasteiger partial charge in [-0.05, 0) is 12.8 Å². The van der Waals surface area contributed by atoms with E-state index in [4.69, 9.17) is 9.84 Å². The second-order valence-electron chi connectivity index (χ2n) is 6.58. The van der Waals surface area contributed by atoms with Crippen LogP contribution in [0.3, 0.4) is 0 Å². The van der Waals surface area contributed by atoms with Crippen LogP contribution in [0.15, 0.2) is 0 Å². The van der Waals surface area contributed by atoms with Crippen molar-refractivity contribution in [2.24, 2.45) is 11.3 Å². The monoisotopic (exact) mass is 298 g/mol. The normalized spacial score (nSPS) is 29.4. The van der Waals surface area contributed by atoms with Crippen LogP contribution in [0.2, 0.25) is 0 Å². The van der Waals surface area contributed by atoms with Crippen LogP contribution in [0.5, 0.6) is 0 Å². The van der Waals surface area contributed by atoms with Gasteiger partial charge in [-0.1, -0.05) is 20.8 Å². The molecule has 0 bridgehead atoms. The van der Waals surface area contributed by atoms with Crippen molar-refractivity contribution in [1.82, 2.24) is 10.2 Å². The fraction of sp³-hybridized carbons (Fsp3) is 0.867. The molecule has 6 nitrogen and oxygen atoms in total.